The standard InChI is InChI=1S/C51H31N3S2/c1-4-15-32(16-5-1)35-21-12-22-36(29-35)50-52-49(34-19-8-3-9-20-34)53-51(54-50)41-26-13-25-40-46-38(24-14-28-44(46)56-48(40)41)42-30-37(33-17-6-2-7-18-33)31-45-47(42)39-23-10-11-27-43(39)55-45/h1-31H. The van der Waals surface area contributed by atoms with Gasteiger partial charge >= 0.3 is 0 Å². The van der Waals surface area contributed by atoms with Gasteiger partial charge in [0.15, 0.2) is 17.5 Å². The summed E-state index contributed by atoms with van der Waals surface area (Å²) in [4.78, 5) is 15.5. The van der Waals surface area contributed by atoms with Crippen molar-refractivity contribution in [2.45, 2.75) is 0 Å². The summed E-state index contributed by atoms with van der Waals surface area (Å²) in [6.07, 6.45) is 0. The highest BCUT2D eigenvalue weighted by molar-refractivity contribution is 7.26. The van der Waals surface area contributed by atoms with Crippen LogP contribution >= 0.6 is 22.7 Å². The van der Waals surface area contributed by atoms with E-state index in [1.807, 2.05) is 46.9 Å². The van der Waals surface area contributed by atoms with Crippen molar-refractivity contribution in [2.24, 2.45) is 0 Å². The fourth-order valence-electron chi connectivity index (χ4n) is 7.92. The quantitative estimate of drug-likeness (QED) is 0.170. The summed E-state index contributed by atoms with van der Waals surface area (Å²) in [5.74, 6) is 1.96. The highest BCUT2D eigenvalue weighted by Crippen LogP contribution is 2.48. The third-order valence-corrected chi connectivity index (χ3v) is 12.9. The zero-order valence-corrected chi connectivity index (χ0v) is 31.7. The Balaban J connectivity index is 1.14. The number of thiophene rings is 2. The summed E-state index contributed by atoms with van der Waals surface area (Å²) in [5.41, 5.74) is 10.1. The number of rotatable bonds is 6. The Morgan fingerprint density at radius 2 is 0.821 bits per heavy atom. The smallest absolute Gasteiger partial charge is 0.165 e. The van der Waals surface area contributed by atoms with Crippen LogP contribution in [0.4, 0.5) is 0 Å². The Kier molecular flexibility index (Phi) is 7.87. The molecule has 0 spiro atoms. The molecule has 3 heterocycles. The van der Waals surface area contributed by atoms with Crippen molar-refractivity contribution in [3.05, 3.63) is 188 Å². The van der Waals surface area contributed by atoms with Gasteiger partial charge in [0.25, 0.3) is 0 Å². The van der Waals surface area contributed by atoms with Gasteiger partial charge in [-0.15, -0.1) is 22.7 Å². The maximum absolute atomic E-state index is 5.23. The molecule has 8 aromatic carbocycles. The molecular weight excluding hydrogens is 719 g/mol. The molecule has 3 nitrogen and oxygen atoms in total. The first-order valence-corrected chi connectivity index (χ1v) is 20.3. The summed E-state index contributed by atoms with van der Waals surface area (Å²) in [7, 11) is 0. The molecule has 3 aromatic heterocycles. The Labute approximate surface area is 331 Å². The molecule has 0 fully saturated rings. The van der Waals surface area contributed by atoms with Gasteiger partial charge in [-0.1, -0.05) is 152 Å². The van der Waals surface area contributed by atoms with E-state index in [1.54, 1.807) is 0 Å². The van der Waals surface area contributed by atoms with Gasteiger partial charge in [-0.25, -0.2) is 15.0 Å². The predicted molar refractivity (Wildman–Crippen MR) is 238 cm³/mol. The average molecular weight is 750 g/mol. The zero-order valence-electron chi connectivity index (χ0n) is 30.1. The van der Waals surface area contributed by atoms with Gasteiger partial charge in [-0.2, -0.15) is 0 Å². The first-order chi connectivity index (χ1) is 27.7. The maximum atomic E-state index is 5.23. The van der Waals surface area contributed by atoms with E-state index in [4.69, 9.17) is 15.0 Å². The van der Waals surface area contributed by atoms with E-state index in [-0.39, 0.29) is 0 Å². The topological polar surface area (TPSA) is 38.7 Å². The fourth-order valence-corrected chi connectivity index (χ4v) is 10.3. The second-order valence-electron chi connectivity index (χ2n) is 13.9. The van der Waals surface area contributed by atoms with E-state index >= 15 is 0 Å². The van der Waals surface area contributed by atoms with Gasteiger partial charge in [0.1, 0.15) is 0 Å². The number of hydrogen-bond donors (Lipinski definition) is 0. The van der Waals surface area contributed by atoms with Gasteiger partial charge in [-0.3, -0.25) is 0 Å². The molecule has 262 valence electrons. The van der Waals surface area contributed by atoms with E-state index in [1.165, 1.54) is 57.9 Å². The van der Waals surface area contributed by atoms with Crippen LogP contribution in [0.5, 0.6) is 0 Å². The van der Waals surface area contributed by atoms with E-state index in [0.717, 1.165) is 32.5 Å². The van der Waals surface area contributed by atoms with Crippen LogP contribution in [-0.4, -0.2) is 15.0 Å². The summed E-state index contributed by atoms with van der Waals surface area (Å²) in [5, 5.41) is 5.05. The van der Waals surface area contributed by atoms with Crippen molar-refractivity contribution < 1.29 is 0 Å². The van der Waals surface area contributed by atoms with Crippen LogP contribution in [0.3, 0.4) is 0 Å². The minimum atomic E-state index is 0.648. The van der Waals surface area contributed by atoms with Crippen LogP contribution in [0.2, 0.25) is 0 Å². The molecule has 5 heteroatoms. The molecule has 0 N–H and O–H groups in total. The molecule has 0 atom stereocenters. The van der Waals surface area contributed by atoms with Gasteiger partial charge < -0.3 is 0 Å². The zero-order chi connectivity index (χ0) is 37.0. The third kappa shape index (κ3) is 5.60. The SMILES string of the molecule is c1ccc(-c2cccc(-c3nc(-c4ccccc4)nc(-c4cccc5c4sc4cccc(-c6cc(-c7ccccc7)cc7sc8ccccc8c67)c45)n3)c2)cc1. The lowest BCUT2D eigenvalue weighted by Crippen LogP contribution is -2.00. The van der Waals surface area contributed by atoms with Crippen molar-refractivity contribution >= 4 is 63.0 Å². The molecule has 0 aliphatic carbocycles. The van der Waals surface area contributed by atoms with Gasteiger partial charge in [0.05, 0.1) is 0 Å². The monoisotopic (exact) mass is 749 g/mol. The lowest BCUT2D eigenvalue weighted by atomic mass is 9.92. The molecule has 0 saturated carbocycles. The van der Waals surface area contributed by atoms with Crippen LogP contribution < -0.4 is 0 Å². The maximum Gasteiger partial charge on any atom is 0.165 e. The Morgan fingerprint density at radius 1 is 0.286 bits per heavy atom. The Morgan fingerprint density at radius 3 is 1.61 bits per heavy atom. The third-order valence-electron chi connectivity index (χ3n) is 10.5. The van der Waals surface area contributed by atoms with E-state index in [0.29, 0.717) is 17.5 Å². The van der Waals surface area contributed by atoms with Crippen molar-refractivity contribution in [3.8, 4) is 67.5 Å². The molecule has 56 heavy (non-hydrogen) atoms. The number of benzene rings is 8. The van der Waals surface area contributed by atoms with Crippen LogP contribution in [0.1, 0.15) is 0 Å². The molecule has 0 aliphatic rings. The molecule has 0 aliphatic heterocycles. The van der Waals surface area contributed by atoms with Crippen molar-refractivity contribution in [1.82, 2.24) is 15.0 Å². The summed E-state index contributed by atoms with van der Waals surface area (Å²) < 4.78 is 4.99. The number of nitrogens with zero attached hydrogens (tertiary/aromatic N) is 3. The second-order valence-corrected chi connectivity index (χ2v) is 16.1. The van der Waals surface area contributed by atoms with Crippen molar-refractivity contribution in [3.63, 3.8) is 0 Å². The molecule has 0 saturated heterocycles. The molecular formula is C51H31N3S2. The highest BCUT2D eigenvalue weighted by Gasteiger charge is 2.21. The number of hydrogen-bond acceptors (Lipinski definition) is 5. The highest BCUT2D eigenvalue weighted by atomic mass is 32.1. The predicted octanol–water partition coefficient (Wildman–Crippen LogP) is 14.6. The minimum Gasteiger partial charge on any atom is -0.208 e. The van der Waals surface area contributed by atoms with Gasteiger partial charge in [0.2, 0.25) is 0 Å². The molecule has 0 radical (unpaired) electrons. The minimum absolute atomic E-state index is 0.648. The largest absolute Gasteiger partial charge is 0.208 e. The molecule has 11 rings (SSSR count). The molecule has 0 unspecified atom stereocenters. The first kappa shape index (κ1) is 32.6. The van der Waals surface area contributed by atoms with Crippen molar-refractivity contribution in [2.75, 3.05) is 0 Å². The lowest BCUT2D eigenvalue weighted by molar-refractivity contribution is 1.08. The van der Waals surface area contributed by atoms with E-state index < -0.39 is 0 Å². The van der Waals surface area contributed by atoms with Crippen LogP contribution in [0.25, 0.3) is 108 Å². The van der Waals surface area contributed by atoms with E-state index in [9.17, 15) is 0 Å². The van der Waals surface area contributed by atoms with Gasteiger partial charge in [0, 0.05) is 57.0 Å². The second kappa shape index (κ2) is 13.5. The van der Waals surface area contributed by atoms with E-state index in [2.05, 4.69) is 164 Å². The van der Waals surface area contributed by atoms with Crippen LogP contribution in [0, 0.1) is 0 Å². The number of fused-ring (bicyclic) bond motifs is 6. The summed E-state index contributed by atoms with van der Waals surface area (Å²) >= 11 is 3.68. The van der Waals surface area contributed by atoms with Gasteiger partial charge in [-0.05, 0) is 69.8 Å². The summed E-state index contributed by atoms with van der Waals surface area (Å²) in [6.45, 7) is 0. The fraction of sp³-hybridized carbons (Fsp3) is 0. The summed E-state index contributed by atoms with van der Waals surface area (Å²) in [6, 6.07) is 66.7. The lowest BCUT2D eigenvalue weighted by Gasteiger charge is -2.12. The average Bonchev–Trinajstić information content (AvgIpc) is 3.86. The first-order valence-electron chi connectivity index (χ1n) is 18.7. The Bertz CT molecular complexity index is 3240. The van der Waals surface area contributed by atoms with Crippen molar-refractivity contribution in [1.29, 1.82) is 0 Å². The van der Waals surface area contributed by atoms with Crippen LogP contribution in [-0.2, 0) is 0 Å². The Hall–Kier alpha value is -6.79. The molecule has 0 bridgehead atoms. The molecule has 11 aromatic rings. The number of aromatic nitrogens is 3. The normalized spacial score (nSPS) is 11.6. The van der Waals surface area contributed by atoms with Crippen LogP contribution in [0.15, 0.2) is 188 Å². The molecule has 0 amide bonds.